The molecule has 0 bridgehead atoms. The molecule has 1 aliphatic carbocycles. The van der Waals surface area contributed by atoms with Gasteiger partial charge in [0.05, 0.1) is 12.7 Å². The molecule has 1 aliphatic rings. The Morgan fingerprint density at radius 3 is 2.86 bits per heavy atom. The molecule has 0 heterocycles. The van der Waals surface area contributed by atoms with E-state index in [9.17, 15) is 9.59 Å². The molecule has 0 saturated heterocycles. The fourth-order valence-electron chi connectivity index (χ4n) is 2.21. The number of nitrogens with one attached hydrogen (secondary N) is 2. The van der Waals surface area contributed by atoms with Crippen molar-refractivity contribution in [3.05, 3.63) is 40.9 Å². The highest BCUT2D eigenvalue weighted by Gasteiger charge is 2.16. The number of carbonyl (C=O) groups is 2. The van der Waals surface area contributed by atoms with E-state index in [4.69, 9.17) is 16.3 Å². The highest BCUT2D eigenvalue weighted by molar-refractivity contribution is 6.31. The van der Waals surface area contributed by atoms with Crippen molar-refractivity contribution in [2.45, 2.75) is 19.3 Å². The Morgan fingerprint density at radius 1 is 1.38 bits per heavy atom. The summed E-state index contributed by atoms with van der Waals surface area (Å²) in [6.45, 7) is 0. The molecule has 0 aliphatic heterocycles. The Bertz CT molecular complexity index is 572. The van der Waals surface area contributed by atoms with Crippen LogP contribution in [0, 0.1) is 5.92 Å². The van der Waals surface area contributed by atoms with Gasteiger partial charge in [-0.1, -0.05) is 23.8 Å². The second-order valence-electron chi connectivity index (χ2n) is 4.82. The molecule has 1 atom stereocenters. The molecule has 5 nitrogen and oxygen atoms in total. The molecule has 1 aromatic carbocycles. The SMILES string of the molecule is COc1ccc(Cl)cc1C(=O)NNC(=O)CC1C=CCC1. The number of benzene rings is 1. The predicted molar refractivity (Wildman–Crippen MR) is 80.1 cm³/mol. The van der Waals surface area contributed by atoms with E-state index in [0.717, 1.165) is 12.8 Å². The summed E-state index contributed by atoms with van der Waals surface area (Å²) in [4.78, 5) is 23.8. The highest BCUT2D eigenvalue weighted by Crippen LogP contribution is 2.22. The third kappa shape index (κ3) is 4.23. The quantitative estimate of drug-likeness (QED) is 0.663. The summed E-state index contributed by atoms with van der Waals surface area (Å²) in [5, 5.41) is 0.420. The third-order valence-electron chi connectivity index (χ3n) is 3.28. The van der Waals surface area contributed by atoms with E-state index in [1.165, 1.54) is 13.2 Å². The standard InChI is InChI=1S/C15H17ClN2O3/c1-21-13-7-6-11(16)9-12(13)15(20)18-17-14(19)8-10-4-2-3-5-10/h2,4,6-7,9-10H,3,5,8H2,1H3,(H,17,19)(H,18,20). The van der Waals surface area contributed by atoms with Crippen molar-refractivity contribution in [3.63, 3.8) is 0 Å². The number of hydrogen-bond donors (Lipinski definition) is 2. The van der Waals surface area contributed by atoms with Crippen molar-refractivity contribution in [2.75, 3.05) is 7.11 Å². The van der Waals surface area contributed by atoms with Gasteiger partial charge in [-0.15, -0.1) is 0 Å². The number of allylic oxidation sites excluding steroid dienone is 2. The second kappa shape index (κ2) is 7.13. The molecule has 21 heavy (non-hydrogen) atoms. The lowest BCUT2D eigenvalue weighted by atomic mass is 10.1. The van der Waals surface area contributed by atoms with Crippen LogP contribution in [0.25, 0.3) is 0 Å². The first kappa shape index (κ1) is 15.4. The van der Waals surface area contributed by atoms with E-state index in [-0.39, 0.29) is 17.4 Å². The number of hydrazine groups is 1. The smallest absolute Gasteiger partial charge is 0.273 e. The van der Waals surface area contributed by atoms with Crippen LogP contribution in [-0.4, -0.2) is 18.9 Å². The molecule has 112 valence electrons. The summed E-state index contributed by atoms with van der Waals surface area (Å²) in [5.41, 5.74) is 5.05. The molecule has 6 heteroatoms. The van der Waals surface area contributed by atoms with Crippen LogP contribution in [0.5, 0.6) is 5.75 Å². The number of carbonyl (C=O) groups excluding carboxylic acids is 2. The van der Waals surface area contributed by atoms with Crippen molar-refractivity contribution in [2.24, 2.45) is 5.92 Å². The van der Waals surface area contributed by atoms with Crippen LogP contribution in [0.2, 0.25) is 5.02 Å². The van der Waals surface area contributed by atoms with Gasteiger partial charge < -0.3 is 4.74 Å². The van der Waals surface area contributed by atoms with Crippen LogP contribution in [0.4, 0.5) is 0 Å². The maximum absolute atomic E-state index is 12.0. The highest BCUT2D eigenvalue weighted by atomic mass is 35.5. The van der Waals surface area contributed by atoms with Crippen LogP contribution < -0.4 is 15.6 Å². The summed E-state index contributed by atoms with van der Waals surface area (Å²) in [6, 6.07) is 4.71. The van der Waals surface area contributed by atoms with Gasteiger partial charge in [-0.05, 0) is 37.0 Å². The Kier molecular flexibility index (Phi) is 5.22. The molecule has 0 fully saturated rings. The molecule has 2 amide bonds. The minimum absolute atomic E-state index is 0.221. The van der Waals surface area contributed by atoms with Crippen LogP contribution in [0.15, 0.2) is 30.4 Å². The first-order valence-corrected chi connectivity index (χ1v) is 7.07. The monoisotopic (exact) mass is 308 g/mol. The number of rotatable bonds is 4. The zero-order chi connectivity index (χ0) is 15.2. The van der Waals surface area contributed by atoms with Crippen molar-refractivity contribution in [1.29, 1.82) is 0 Å². The Hall–Kier alpha value is -2.01. The lowest BCUT2D eigenvalue weighted by Crippen LogP contribution is -2.42. The lowest BCUT2D eigenvalue weighted by Gasteiger charge is -2.12. The average Bonchev–Trinajstić information content (AvgIpc) is 2.97. The molecule has 1 unspecified atom stereocenters. The van der Waals surface area contributed by atoms with Crippen molar-refractivity contribution < 1.29 is 14.3 Å². The van der Waals surface area contributed by atoms with E-state index in [1.807, 2.05) is 6.08 Å². The summed E-state index contributed by atoms with van der Waals surface area (Å²) in [6.07, 6.45) is 6.44. The van der Waals surface area contributed by atoms with Gasteiger partial charge in [0.2, 0.25) is 5.91 Å². The lowest BCUT2D eigenvalue weighted by molar-refractivity contribution is -0.122. The van der Waals surface area contributed by atoms with Crippen LogP contribution in [-0.2, 0) is 4.79 Å². The van der Waals surface area contributed by atoms with Gasteiger partial charge in [-0.25, -0.2) is 0 Å². The van der Waals surface area contributed by atoms with Gasteiger partial charge in [0.25, 0.3) is 5.91 Å². The summed E-state index contributed by atoms with van der Waals surface area (Å²) >= 11 is 5.86. The minimum atomic E-state index is -0.468. The van der Waals surface area contributed by atoms with Crippen LogP contribution in [0.3, 0.4) is 0 Å². The van der Waals surface area contributed by atoms with E-state index >= 15 is 0 Å². The maximum atomic E-state index is 12.0. The number of ether oxygens (including phenoxy) is 1. The zero-order valence-corrected chi connectivity index (χ0v) is 12.4. The van der Waals surface area contributed by atoms with Crippen LogP contribution in [0.1, 0.15) is 29.6 Å². The van der Waals surface area contributed by atoms with Gasteiger partial charge in [0.15, 0.2) is 0 Å². The number of amides is 2. The average molecular weight is 309 g/mol. The summed E-state index contributed by atoms with van der Waals surface area (Å²) < 4.78 is 5.09. The van der Waals surface area contributed by atoms with E-state index in [2.05, 4.69) is 16.9 Å². The van der Waals surface area contributed by atoms with E-state index in [0.29, 0.717) is 17.2 Å². The van der Waals surface area contributed by atoms with Crippen molar-refractivity contribution in [3.8, 4) is 5.75 Å². The third-order valence-corrected chi connectivity index (χ3v) is 3.52. The Balaban J connectivity index is 1.90. The fraction of sp³-hybridized carbons (Fsp3) is 0.333. The fourth-order valence-corrected chi connectivity index (χ4v) is 2.38. The number of methoxy groups -OCH3 is 1. The topological polar surface area (TPSA) is 67.4 Å². The number of hydrogen-bond acceptors (Lipinski definition) is 3. The maximum Gasteiger partial charge on any atom is 0.273 e. The predicted octanol–water partition coefficient (Wildman–Crippen LogP) is 2.47. The molecule has 2 N–H and O–H groups in total. The first-order valence-electron chi connectivity index (χ1n) is 6.69. The van der Waals surface area contributed by atoms with Crippen molar-refractivity contribution >= 4 is 23.4 Å². The van der Waals surface area contributed by atoms with Crippen molar-refractivity contribution in [1.82, 2.24) is 10.9 Å². The zero-order valence-electron chi connectivity index (χ0n) is 11.7. The van der Waals surface area contributed by atoms with Gasteiger partial charge in [0.1, 0.15) is 5.75 Å². The Labute approximate surface area is 128 Å². The Morgan fingerprint density at radius 2 is 2.19 bits per heavy atom. The molecule has 2 rings (SSSR count). The van der Waals surface area contributed by atoms with E-state index < -0.39 is 5.91 Å². The number of halogens is 1. The van der Waals surface area contributed by atoms with Gasteiger partial charge >= 0.3 is 0 Å². The molecule has 0 aromatic heterocycles. The second-order valence-corrected chi connectivity index (χ2v) is 5.25. The first-order chi connectivity index (χ1) is 10.1. The minimum Gasteiger partial charge on any atom is -0.496 e. The molecule has 1 aromatic rings. The van der Waals surface area contributed by atoms with E-state index in [1.54, 1.807) is 12.1 Å². The molecule has 0 radical (unpaired) electrons. The van der Waals surface area contributed by atoms with Gasteiger partial charge in [-0.2, -0.15) is 0 Å². The van der Waals surface area contributed by atoms with Gasteiger partial charge in [0, 0.05) is 11.4 Å². The molecular formula is C15H17ClN2O3. The molecule has 0 spiro atoms. The molecule has 0 saturated carbocycles. The van der Waals surface area contributed by atoms with Gasteiger partial charge in [-0.3, -0.25) is 20.4 Å². The normalized spacial score (nSPS) is 16.6. The summed E-state index contributed by atoms with van der Waals surface area (Å²) in [7, 11) is 1.46. The summed E-state index contributed by atoms with van der Waals surface area (Å²) in [5.74, 6) is -0.0435. The molecular weight excluding hydrogens is 292 g/mol. The van der Waals surface area contributed by atoms with Crippen LogP contribution >= 0.6 is 11.6 Å². The largest absolute Gasteiger partial charge is 0.496 e.